The third kappa shape index (κ3) is 4.45. The highest BCUT2D eigenvalue weighted by molar-refractivity contribution is 7.92. The Bertz CT molecular complexity index is 1430. The SMILES string of the molecule is CCn1c(=NC(=O)c2cccc(NS(=O)(=O)c3ccc(C)cc3)c2)sc2ccccc21. The van der Waals surface area contributed by atoms with Gasteiger partial charge in [0.05, 0.1) is 15.1 Å². The smallest absolute Gasteiger partial charge is 0.279 e. The van der Waals surface area contributed by atoms with Gasteiger partial charge < -0.3 is 4.57 Å². The van der Waals surface area contributed by atoms with Crippen LogP contribution in [0.1, 0.15) is 22.8 Å². The van der Waals surface area contributed by atoms with Gasteiger partial charge in [0.25, 0.3) is 15.9 Å². The molecule has 4 aromatic rings. The number of amides is 1. The van der Waals surface area contributed by atoms with Gasteiger partial charge in [-0.25, -0.2) is 8.42 Å². The Labute approximate surface area is 184 Å². The van der Waals surface area contributed by atoms with Gasteiger partial charge in [0.15, 0.2) is 4.80 Å². The molecule has 0 saturated carbocycles. The molecular formula is C23H21N3O3S2. The summed E-state index contributed by atoms with van der Waals surface area (Å²) in [4.78, 5) is 17.9. The lowest BCUT2D eigenvalue weighted by atomic mass is 10.2. The molecule has 1 N–H and O–H groups in total. The zero-order valence-electron chi connectivity index (χ0n) is 17.1. The Balaban J connectivity index is 1.65. The summed E-state index contributed by atoms with van der Waals surface area (Å²) in [6.45, 7) is 4.58. The number of sulfonamides is 1. The molecule has 8 heteroatoms. The van der Waals surface area contributed by atoms with E-state index in [-0.39, 0.29) is 4.90 Å². The first-order chi connectivity index (χ1) is 14.9. The van der Waals surface area contributed by atoms with Gasteiger partial charge in [-0.3, -0.25) is 9.52 Å². The maximum absolute atomic E-state index is 12.8. The van der Waals surface area contributed by atoms with Crippen LogP contribution < -0.4 is 9.52 Å². The second kappa shape index (κ2) is 8.49. The van der Waals surface area contributed by atoms with Gasteiger partial charge in [-0.15, -0.1) is 0 Å². The van der Waals surface area contributed by atoms with Crippen molar-refractivity contribution in [1.82, 2.24) is 4.57 Å². The molecule has 1 heterocycles. The predicted octanol–water partition coefficient (Wildman–Crippen LogP) is 4.57. The second-order valence-corrected chi connectivity index (χ2v) is 9.70. The number of nitrogens with zero attached hydrogens (tertiary/aromatic N) is 2. The Kier molecular flexibility index (Phi) is 5.75. The lowest BCUT2D eigenvalue weighted by Gasteiger charge is -2.09. The quantitative estimate of drug-likeness (QED) is 0.483. The molecular weight excluding hydrogens is 430 g/mol. The van der Waals surface area contributed by atoms with Crippen LogP contribution in [0.15, 0.2) is 82.7 Å². The van der Waals surface area contributed by atoms with E-state index < -0.39 is 15.9 Å². The summed E-state index contributed by atoms with van der Waals surface area (Å²) in [7, 11) is -3.75. The minimum atomic E-state index is -3.75. The Morgan fingerprint density at radius 1 is 1.03 bits per heavy atom. The van der Waals surface area contributed by atoms with Crippen molar-refractivity contribution in [2.45, 2.75) is 25.3 Å². The first-order valence-corrected chi connectivity index (χ1v) is 12.0. The van der Waals surface area contributed by atoms with Gasteiger partial charge in [-0.1, -0.05) is 47.2 Å². The third-order valence-corrected chi connectivity index (χ3v) is 7.25. The summed E-state index contributed by atoms with van der Waals surface area (Å²) in [6.07, 6.45) is 0. The fourth-order valence-electron chi connectivity index (χ4n) is 3.21. The van der Waals surface area contributed by atoms with E-state index in [1.54, 1.807) is 42.5 Å². The van der Waals surface area contributed by atoms with Crippen LogP contribution in [-0.2, 0) is 16.6 Å². The van der Waals surface area contributed by atoms with Crippen molar-refractivity contribution < 1.29 is 13.2 Å². The van der Waals surface area contributed by atoms with E-state index in [1.807, 2.05) is 42.7 Å². The van der Waals surface area contributed by atoms with Gasteiger partial charge in [-0.05, 0) is 56.3 Å². The van der Waals surface area contributed by atoms with Crippen molar-refractivity contribution in [3.8, 4) is 0 Å². The number of benzene rings is 3. The summed E-state index contributed by atoms with van der Waals surface area (Å²) in [5.74, 6) is -0.426. The lowest BCUT2D eigenvalue weighted by Crippen LogP contribution is -2.16. The highest BCUT2D eigenvalue weighted by Gasteiger charge is 2.15. The maximum Gasteiger partial charge on any atom is 0.279 e. The van der Waals surface area contributed by atoms with E-state index in [0.717, 1.165) is 15.8 Å². The lowest BCUT2D eigenvalue weighted by molar-refractivity contribution is 0.0998. The molecule has 0 spiro atoms. The highest BCUT2D eigenvalue weighted by Crippen LogP contribution is 2.19. The molecule has 0 aliphatic carbocycles. The first kappa shape index (κ1) is 21.0. The maximum atomic E-state index is 12.8. The summed E-state index contributed by atoms with van der Waals surface area (Å²) in [6, 6.07) is 20.8. The molecule has 4 rings (SSSR count). The number of aromatic nitrogens is 1. The van der Waals surface area contributed by atoms with Gasteiger partial charge in [0, 0.05) is 17.8 Å². The van der Waals surface area contributed by atoms with Crippen molar-refractivity contribution >= 4 is 43.2 Å². The Morgan fingerprint density at radius 3 is 2.52 bits per heavy atom. The predicted molar refractivity (Wildman–Crippen MR) is 124 cm³/mol. The number of hydrogen-bond acceptors (Lipinski definition) is 4. The average molecular weight is 452 g/mol. The monoisotopic (exact) mass is 451 g/mol. The summed E-state index contributed by atoms with van der Waals surface area (Å²) in [5.41, 5.74) is 2.62. The number of fused-ring (bicyclic) bond motifs is 1. The number of anilines is 1. The zero-order chi connectivity index (χ0) is 22.0. The van der Waals surface area contributed by atoms with Crippen molar-refractivity contribution in [1.29, 1.82) is 0 Å². The van der Waals surface area contributed by atoms with Gasteiger partial charge in [0.2, 0.25) is 0 Å². The molecule has 3 aromatic carbocycles. The van der Waals surface area contributed by atoms with Gasteiger partial charge >= 0.3 is 0 Å². The molecule has 0 unspecified atom stereocenters. The number of carbonyl (C=O) groups is 1. The molecule has 158 valence electrons. The van der Waals surface area contributed by atoms with Crippen LogP contribution in [0.2, 0.25) is 0 Å². The van der Waals surface area contributed by atoms with Crippen molar-refractivity contribution in [3.63, 3.8) is 0 Å². The van der Waals surface area contributed by atoms with Crippen molar-refractivity contribution in [2.75, 3.05) is 4.72 Å². The topological polar surface area (TPSA) is 80.5 Å². The average Bonchev–Trinajstić information content (AvgIpc) is 3.10. The number of nitrogens with one attached hydrogen (secondary N) is 1. The molecule has 1 aromatic heterocycles. The number of carbonyl (C=O) groups excluding carboxylic acids is 1. The number of rotatable bonds is 5. The van der Waals surface area contributed by atoms with E-state index in [4.69, 9.17) is 0 Å². The van der Waals surface area contributed by atoms with E-state index in [0.29, 0.717) is 22.6 Å². The summed E-state index contributed by atoms with van der Waals surface area (Å²) in [5, 5.41) is 0. The third-order valence-electron chi connectivity index (χ3n) is 4.79. The van der Waals surface area contributed by atoms with Crippen molar-refractivity contribution in [3.05, 3.63) is 88.7 Å². The minimum Gasteiger partial charge on any atom is -0.317 e. The highest BCUT2D eigenvalue weighted by atomic mass is 32.2. The molecule has 0 aliphatic rings. The summed E-state index contributed by atoms with van der Waals surface area (Å²) < 4.78 is 30.9. The van der Waals surface area contributed by atoms with Crippen LogP contribution in [-0.4, -0.2) is 18.9 Å². The van der Waals surface area contributed by atoms with Crippen LogP contribution in [0.4, 0.5) is 5.69 Å². The molecule has 0 aliphatic heterocycles. The largest absolute Gasteiger partial charge is 0.317 e. The normalized spacial score (nSPS) is 12.3. The summed E-state index contributed by atoms with van der Waals surface area (Å²) >= 11 is 1.45. The standard InChI is InChI=1S/C23H21N3O3S2/c1-3-26-20-9-4-5-10-21(20)30-23(26)24-22(27)17-7-6-8-18(15-17)25-31(28,29)19-13-11-16(2)12-14-19/h4-15,25H,3H2,1-2H3. The fraction of sp³-hybridized carbons (Fsp3) is 0.130. The molecule has 0 saturated heterocycles. The number of thiazole rings is 1. The molecule has 1 amide bonds. The van der Waals surface area contributed by atoms with Crippen LogP contribution in [0.5, 0.6) is 0 Å². The van der Waals surface area contributed by atoms with Crippen LogP contribution in [0.25, 0.3) is 10.2 Å². The van der Waals surface area contributed by atoms with Crippen LogP contribution in [0, 0.1) is 6.92 Å². The van der Waals surface area contributed by atoms with Crippen LogP contribution >= 0.6 is 11.3 Å². The fourth-order valence-corrected chi connectivity index (χ4v) is 5.35. The van der Waals surface area contributed by atoms with Crippen molar-refractivity contribution in [2.24, 2.45) is 4.99 Å². The van der Waals surface area contributed by atoms with Gasteiger partial charge in [0.1, 0.15) is 0 Å². The van der Waals surface area contributed by atoms with E-state index >= 15 is 0 Å². The van der Waals surface area contributed by atoms with E-state index in [1.165, 1.54) is 17.4 Å². The molecule has 0 fully saturated rings. The molecule has 31 heavy (non-hydrogen) atoms. The number of para-hydroxylation sites is 1. The van der Waals surface area contributed by atoms with Gasteiger partial charge in [-0.2, -0.15) is 4.99 Å². The molecule has 6 nitrogen and oxygen atoms in total. The van der Waals surface area contributed by atoms with E-state index in [2.05, 4.69) is 9.71 Å². The second-order valence-electron chi connectivity index (χ2n) is 7.01. The first-order valence-electron chi connectivity index (χ1n) is 9.74. The number of hydrogen-bond donors (Lipinski definition) is 1. The zero-order valence-corrected chi connectivity index (χ0v) is 18.7. The van der Waals surface area contributed by atoms with Crippen LogP contribution in [0.3, 0.4) is 0 Å². The Hall–Kier alpha value is -3.23. The molecule has 0 bridgehead atoms. The minimum absolute atomic E-state index is 0.161. The molecule has 0 atom stereocenters. The number of aryl methyl sites for hydroxylation is 2. The Morgan fingerprint density at radius 2 is 1.77 bits per heavy atom. The van der Waals surface area contributed by atoms with E-state index in [9.17, 15) is 13.2 Å². The molecule has 0 radical (unpaired) electrons.